The van der Waals surface area contributed by atoms with Crippen molar-refractivity contribution in [1.29, 1.82) is 0 Å². The van der Waals surface area contributed by atoms with Crippen LogP contribution in [0.4, 0.5) is 0 Å². The van der Waals surface area contributed by atoms with Gasteiger partial charge in [0.2, 0.25) is 0 Å². The van der Waals surface area contributed by atoms with E-state index in [0.717, 1.165) is 6.07 Å². The van der Waals surface area contributed by atoms with Gasteiger partial charge in [0.05, 0.1) is 5.52 Å². The number of nitrogens with one attached hydrogen (secondary N) is 1. The van der Waals surface area contributed by atoms with Gasteiger partial charge in [-0.25, -0.2) is 8.42 Å². The number of hydrogen-bond donors (Lipinski definition) is 1. The Balaban J connectivity index is 0.00000128. The first-order valence-electron chi connectivity index (χ1n) is 3.66. The third kappa shape index (κ3) is 2.67. The van der Waals surface area contributed by atoms with Gasteiger partial charge in [0.25, 0.3) is 4.84 Å². The van der Waals surface area contributed by atoms with Crippen LogP contribution in [-0.2, 0) is 10.1 Å². The molecule has 0 bridgehead atoms. The summed E-state index contributed by atoms with van der Waals surface area (Å²) in [5, 5.41) is 0.115. The normalized spacial score (nSPS) is 11.4. The van der Waals surface area contributed by atoms with Gasteiger partial charge in [-0.2, -0.15) is 0 Å². The Kier molecular flexibility index (Phi) is 4.23. The van der Waals surface area contributed by atoms with Crippen LogP contribution in [0.5, 0.6) is 0 Å². The molecule has 5 nitrogen and oxygen atoms in total. The zero-order chi connectivity index (χ0) is 11.2. The number of fused-ring (bicyclic) bond motifs is 1. The number of aromatic nitrogens is 1. The number of halogens is 1. The minimum atomic E-state index is -4.63. The first-order chi connectivity index (χ1) is 6.88. The van der Waals surface area contributed by atoms with Crippen molar-refractivity contribution in [2.75, 3.05) is 0 Å². The van der Waals surface area contributed by atoms with E-state index in [0.29, 0.717) is 0 Å². The fourth-order valence-corrected chi connectivity index (χ4v) is 2.31. The Morgan fingerprint density at radius 1 is 1.44 bits per heavy atom. The number of rotatable bonds is 1. The van der Waals surface area contributed by atoms with Crippen molar-refractivity contribution in [2.45, 2.75) is 4.90 Å². The molecule has 1 N–H and O–H groups in total. The van der Waals surface area contributed by atoms with Gasteiger partial charge in [-0.15, -0.1) is 0 Å². The molecule has 1 aromatic heterocycles. The molecular formula is C7H3ClNNaO4S2. The van der Waals surface area contributed by atoms with Crippen molar-refractivity contribution in [3.63, 3.8) is 0 Å². The molecule has 0 aliphatic carbocycles. The molecule has 0 aliphatic heterocycles. The second-order valence-corrected chi connectivity index (χ2v) is 4.90. The number of benzene rings is 1. The molecule has 0 saturated heterocycles. The minimum Gasteiger partial charge on any atom is -0.744 e. The van der Waals surface area contributed by atoms with Gasteiger partial charge in [0.1, 0.15) is 15.0 Å². The Hall–Kier alpha value is 0.110. The van der Waals surface area contributed by atoms with Gasteiger partial charge in [-0.1, -0.05) is 11.6 Å². The standard InChI is InChI=1S/C7H4ClNO4S2.Na/c8-3-1-4-6(13-7(14)9-4)5(2-3)15(10,11)12;/h1-2H,(H,9,14)(H,10,11,12);/q;+1/p-1. The first-order valence-corrected chi connectivity index (χ1v) is 5.85. The Morgan fingerprint density at radius 3 is 2.62 bits per heavy atom. The number of H-pyrrole nitrogens is 1. The third-order valence-electron chi connectivity index (χ3n) is 1.72. The fraction of sp³-hybridized carbons (Fsp3) is 0. The van der Waals surface area contributed by atoms with E-state index in [1.807, 2.05) is 0 Å². The van der Waals surface area contributed by atoms with Crippen molar-refractivity contribution in [3.05, 3.63) is 22.0 Å². The molecule has 0 fully saturated rings. The second kappa shape index (κ2) is 4.77. The summed E-state index contributed by atoms with van der Waals surface area (Å²) in [5.41, 5.74) is 0.182. The summed E-state index contributed by atoms with van der Waals surface area (Å²) in [5.74, 6) is 0. The molecule has 2 rings (SSSR count). The molecule has 0 aliphatic rings. The Morgan fingerprint density at radius 2 is 2.06 bits per heavy atom. The number of hydrogen-bond acceptors (Lipinski definition) is 5. The largest absolute Gasteiger partial charge is 1.00 e. The average Bonchev–Trinajstić information content (AvgIpc) is 2.41. The molecule has 1 aromatic carbocycles. The molecule has 0 unspecified atom stereocenters. The molecule has 0 spiro atoms. The van der Waals surface area contributed by atoms with Crippen LogP contribution in [0, 0.1) is 4.84 Å². The van der Waals surface area contributed by atoms with Crippen molar-refractivity contribution < 1.29 is 46.9 Å². The SMILES string of the molecule is O=S(=O)([O-])c1cc(Cl)cc2[nH]c(=S)oc12.[Na+]. The maximum Gasteiger partial charge on any atom is 1.00 e. The zero-order valence-corrected chi connectivity index (χ0v) is 12.4. The van der Waals surface area contributed by atoms with Crippen LogP contribution in [0.3, 0.4) is 0 Å². The van der Waals surface area contributed by atoms with Crippen LogP contribution in [0.15, 0.2) is 21.4 Å². The zero-order valence-electron chi connectivity index (χ0n) is 7.98. The molecule has 9 heteroatoms. The van der Waals surface area contributed by atoms with E-state index in [4.69, 9.17) is 16.0 Å². The van der Waals surface area contributed by atoms with E-state index in [1.54, 1.807) is 0 Å². The molecule has 16 heavy (non-hydrogen) atoms. The van der Waals surface area contributed by atoms with Crippen LogP contribution in [0.1, 0.15) is 0 Å². The summed E-state index contributed by atoms with van der Waals surface area (Å²) in [6.45, 7) is 0. The molecule has 0 saturated carbocycles. The third-order valence-corrected chi connectivity index (χ3v) is 2.97. The summed E-state index contributed by atoms with van der Waals surface area (Å²) in [6, 6.07) is 2.45. The number of oxazole rings is 1. The van der Waals surface area contributed by atoms with Gasteiger partial charge in [-0.3, -0.25) is 0 Å². The van der Waals surface area contributed by atoms with Crippen LogP contribution in [0.25, 0.3) is 11.1 Å². The van der Waals surface area contributed by atoms with E-state index in [1.165, 1.54) is 6.07 Å². The Bertz CT molecular complexity index is 690. The van der Waals surface area contributed by atoms with Gasteiger partial charge < -0.3 is 14.0 Å². The van der Waals surface area contributed by atoms with E-state index in [-0.39, 0.29) is 50.5 Å². The van der Waals surface area contributed by atoms with E-state index >= 15 is 0 Å². The molecule has 0 radical (unpaired) electrons. The quantitative estimate of drug-likeness (QED) is 0.415. The molecule has 80 valence electrons. The summed E-state index contributed by atoms with van der Waals surface area (Å²) in [6.07, 6.45) is 0. The van der Waals surface area contributed by atoms with Crippen LogP contribution >= 0.6 is 23.8 Å². The van der Waals surface area contributed by atoms with E-state index in [2.05, 4.69) is 17.2 Å². The van der Waals surface area contributed by atoms with Gasteiger partial charge in [-0.05, 0) is 24.4 Å². The second-order valence-electron chi connectivity index (χ2n) is 2.75. The first kappa shape index (κ1) is 14.2. The van der Waals surface area contributed by atoms with Crippen LogP contribution in [0.2, 0.25) is 5.02 Å². The molecule has 2 aromatic rings. The smallest absolute Gasteiger partial charge is 0.744 e. The van der Waals surface area contributed by atoms with E-state index in [9.17, 15) is 13.0 Å². The van der Waals surface area contributed by atoms with Crippen LogP contribution < -0.4 is 29.6 Å². The predicted octanol–water partition coefficient (Wildman–Crippen LogP) is -0.948. The molecule has 0 atom stereocenters. The van der Waals surface area contributed by atoms with Crippen molar-refractivity contribution in [1.82, 2.24) is 4.98 Å². The monoisotopic (exact) mass is 287 g/mol. The minimum absolute atomic E-state index is 0. The van der Waals surface area contributed by atoms with Gasteiger partial charge in [0, 0.05) is 5.02 Å². The average molecular weight is 288 g/mol. The van der Waals surface area contributed by atoms with Gasteiger partial charge in [0.15, 0.2) is 5.58 Å². The fourth-order valence-electron chi connectivity index (χ4n) is 1.18. The summed E-state index contributed by atoms with van der Waals surface area (Å²) in [7, 11) is -4.63. The molecule has 1 heterocycles. The molecular weight excluding hydrogens is 285 g/mol. The Labute approximate surface area is 123 Å². The van der Waals surface area contributed by atoms with Crippen molar-refractivity contribution >= 4 is 45.0 Å². The summed E-state index contributed by atoms with van der Waals surface area (Å²) in [4.78, 5) is 2.04. The van der Waals surface area contributed by atoms with Crippen molar-refractivity contribution in [3.8, 4) is 0 Å². The number of aromatic amines is 1. The van der Waals surface area contributed by atoms with E-state index < -0.39 is 15.0 Å². The predicted molar refractivity (Wildman–Crippen MR) is 54.4 cm³/mol. The molecule has 0 amide bonds. The van der Waals surface area contributed by atoms with Gasteiger partial charge >= 0.3 is 29.6 Å². The summed E-state index contributed by atoms with van der Waals surface area (Å²) < 4.78 is 37.6. The summed E-state index contributed by atoms with van der Waals surface area (Å²) >= 11 is 10.3. The maximum absolute atomic E-state index is 10.9. The van der Waals surface area contributed by atoms with Crippen molar-refractivity contribution in [2.24, 2.45) is 0 Å². The topological polar surface area (TPSA) is 86.1 Å². The van der Waals surface area contributed by atoms with Crippen LogP contribution in [-0.4, -0.2) is 18.0 Å². The maximum atomic E-state index is 10.9.